The summed E-state index contributed by atoms with van der Waals surface area (Å²) in [5.74, 6) is 1.89. The number of anilines is 1. The van der Waals surface area contributed by atoms with Gasteiger partial charge in [-0.25, -0.2) is 9.98 Å². The number of aromatic nitrogens is 3. The molecule has 0 saturated carbocycles. The van der Waals surface area contributed by atoms with Crippen LogP contribution in [-0.2, 0) is 13.0 Å². The zero-order chi connectivity index (χ0) is 20.1. The predicted molar refractivity (Wildman–Crippen MR) is 120 cm³/mol. The summed E-state index contributed by atoms with van der Waals surface area (Å²) in [5.41, 5.74) is 1.01. The fourth-order valence-electron chi connectivity index (χ4n) is 3.51. The van der Waals surface area contributed by atoms with Crippen LogP contribution in [0.25, 0.3) is 10.8 Å². The van der Waals surface area contributed by atoms with Crippen LogP contribution in [0.5, 0.6) is 0 Å². The third-order valence-electron chi connectivity index (χ3n) is 5.09. The van der Waals surface area contributed by atoms with E-state index in [4.69, 9.17) is 4.99 Å². The van der Waals surface area contributed by atoms with Gasteiger partial charge in [0.15, 0.2) is 5.96 Å². The van der Waals surface area contributed by atoms with Crippen molar-refractivity contribution >= 4 is 33.4 Å². The second kappa shape index (κ2) is 9.17. The Morgan fingerprint density at radius 2 is 1.97 bits per heavy atom. The van der Waals surface area contributed by atoms with Gasteiger partial charge in [0.25, 0.3) is 0 Å². The molecule has 0 radical (unpaired) electrons. The normalized spacial score (nSPS) is 15.2. The van der Waals surface area contributed by atoms with E-state index < -0.39 is 0 Å². The Bertz CT molecular complexity index is 971. The first kappa shape index (κ1) is 19.6. The quantitative estimate of drug-likeness (QED) is 0.516. The van der Waals surface area contributed by atoms with Crippen LogP contribution in [0.15, 0.2) is 41.5 Å². The molecule has 7 nitrogen and oxygen atoms in total. The van der Waals surface area contributed by atoms with Crippen molar-refractivity contribution in [2.75, 3.05) is 37.6 Å². The SMILES string of the molecule is CCNC(=NCc1nccc2ccccc12)N1CCN(c2nc(CC)ns2)CC1. The summed E-state index contributed by atoms with van der Waals surface area (Å²) in [5, 5.41) is 6.85. The average molecular weight is 410 g/mol. The Morgan fingerprint density at radius 1 is 1.14 bits per heavy atom. The molecule has 29 heavy (non-hydrogen) atoms. The van der Waals surface area contributed by atoms with Gasteiger partial charge in [-0.2, -0.15) is 4.37 Å². The van der Waals surface area contributed by atoms with Crippen molar-refractivity contribution in [3.05, 3.63) is 48.0 Å². The lowest BCUT2D eigenvalue weighted by Crippen LogP contribution is -2.52. The third kappa shape index (κ3) is 4.48. The molecular weight excluding hydrogens is 382 g/mol. The van der Waals surface area contributed by atoms with Crippen LogP contribution in [-0.4, -0.2) is 57.9 Å². The van der Waals surface area contributed by atoms with Gasteiger partial charge in [0, 0.05) is 62.3 Å². The van der Waals surface area contributed by atoms with Crippen molar-refractivity contribution < 1.29 is 0 Å². The zero-order valence-corrected chi connectivity index (χ0v) is 17.8. The van der Waals surface area contributed by atoms with E-state index >= 15 is 0 Å². The van der Waals surface area contributed by atoms with E-state index in [-0.39, 0.29) is 0 Å². The highest BCUT2D eigenvalue weighted by Gasteiger charge is 2.22. The molecule has 0 unspecified atom stereocenters. The number of rotatable bonds is 5. The monoisotopic (exact) mass is 409 g/mol. The Kier molecular flexibility index (Phi) is 6.19. The molecule has 1 fully saturated rings. The molecule has 152 valence electrons. The first-order valence-electron chi connectivity index (χ1n) is 10.2. The van der Waals surface area contributed by atoms with Crippen molar-refractivity contribution in [2.24, 2.45) is 4.99 Å². The molecule has 1 saturated heterocycles. The largest absolute Gasteiger partial charge is 0.357 e. The number of hydrogen-bond donors (Lipinski definition) is 1. The summed E-state index contributed by atoms with van der Waals surface area (Å²) >= 11 is 1.50. The van der Waals surface area contributed by atoms with Crippen LogP contribution in [0.4, 0.5) is 5.13 Å². The molecule has 8 heteroatoms. The molecule has 1 aliphatic rings. The number of benzene rings is 1. The molecular formula is C21H27N7S. The van der Waals surface area contributed by atoms with Gasteiger partial charge in [0.1, 0.15) is 5.82 Å². The van der Waals surface area contributed by atoms with Crippen molar-refractivity contribution in [3.8, 4) is 0 Å². The highest BCUT2D eigenvalue weighted by Crippen LogP contribution is 2.20. The summed E-state index contributed by atoms with van der Waals surface area (Å²) in [6.07, 6.45) is 2.75. The Balaban J connectivity index is 1.45. The van der Waals surface area contributed by atoms with Crippen LogP contribution in [0, 0.1) is 0 Å². The topological polar surface area (TPSA) is 69.5 Å². The fourth-order valence-corrected chi connectivity index (χ4v) is 4.31. The van der Waals surface area contributed by atoms with Gasteiger partial charge in [-0.15, -0.1) is 0 Å². The summed E-state index contributed by atoms with van der Waals surface area (Å²) in [7, 11) is 0. The number of guanidine groups is 1. The standard InChI is InChI=1S/C21H27N7S/c1-3-19-25-21(29-26-19)28-13-11-27(12-14-28)20(22-4-2)24-15-18-17-8-6-5-7-16(17)9-10-23-18/h5-10H,3-4,11-15H2,1-2H3,(H,22,24). The van der Waals surface area contributed by atoms with Gasteiger partial charge < -0.3 is 15.1 Å². The molecule has 0 atom stereocenters. The molecule has 2 aromatic heterocycles. The van der Waals surface area contributed by atoms with Crippen molar-refractivity contribution in [1.82, 2.24) is 24.6 Å². The number of hydrogen-bond acceptors (Lipinski definition) is 6. The van der Waals surface area contributed by atoms with E-state index in [9.17, 15) is 0 Å². The Labute approximate surface area is 175 Å². The van der Waals surface area contributed by atoms with E-state index in [0.29, 0.717) is 6.54 Å². The number of nitrogens with zero attached hydrogens (tertiary/aromatic N) is 6. The summed E-state index contributed by atoms with van der Waals surface area (Å²) < 4.78 is 4.41. The summed E-state index contributed by atoms with van der Waals surface area (Å²) in [6, 6.07) is 10.4. The van der Waals surface area contributed by atoms with E-state index in [1.165, 1.54) is 22.3 Å². The lowest BCUT2D eigenvalue weighted by molar-refractivity contribution is 0.372. The van der Waals surface area contributed by atoms with Gasteiger partial charge in [-0.05, 0) is 18.4 Å². The second-order valence-corrected chi connectivity index (χ2v) is 7.70. The molecule has 3 heterocycles. The molecule has 1 N–H and O–H groups in total. The van der Waals surface area contributed by atoms with Crippen LogP contribution in [0.2, 0.25) is 0 Å². The maximum Gasteiger partial charge on any atom is 0.205 e. The summed E-state index contributed by atoms with van der Waals surface area (Å²) in [4.78, 5) is 18.7. The van der Waals surface area contributed by atoms with E-state index in [1.54, 1.807) is 0 Å². The van der Waals surface area contributed by atoms with Gasteiger partial charge in [-0.1, -0.05) is 31.2 Å². The zero-order valence-electron chi connectivity index (χ0n) is 17.0. The highest BCUT2D eigenvalue weighted by atomic mass is 32.1. The predicted octanol–water partition coefficient (Wildman–Crippen LogP) is 2.94. The molecule has 1 aromatic carbocycles. The molecule has 0 aliphatic carbocycles. The number of pyridine rings is 1. The Hall–Kier alpha value is -2.74. The maximum absolute atomic E-state index is 4.90. The van der Waals surface area contributed by atoms with Crippen molar-refractivity contribution in [3.63, 3.8) is 0 Å². The highest BCUT2D eigenvalue weighted by molar-refractivity contribution is 7.09. The molecule has 0 amide bonds. The smallest absolute Gasteiger partial charge is 0.205 e. The van der Waals surface area contributed by atoms with E-state index in [1.807, 2.05) is 12.3 Å². The first-order valence-corrected chi connectivity index (χ1v) is 11.0. The van der Waals surface area contributed by atoms with Gasteiger partial charge in [0.2, 0.25) is 5.13 Å². The Morgan fingerprint density at radius 3 is 2.72 bits per heavy atom. The number of aliphatic imine (C=N–C) groups is 1. The minimum Gasteiger partial charge on any atom is -0.357 e. The lowest BCUT2D eigenvalue weighted by atomic mass is 10.1. The number of aryl methyl sites for hydroxylation is 1. The minimum atomic E-state index is 0.570. The van der Waals surface area contributed by atoms with Crippen LogP contribution in [0.1, 0.15) is 25.4 Å². The minimum absolute atomic E-state index is 0.570. The number of nitrogens with one attached hydrogen (secondary N) is 1. The van der Waals surface area contributed by atoms with Crippen molar-refractivity contribution in [1.29, 1.82) is 0 Å². The third-order valence-corrected chi connectivity index (χ3v) is 5.91. The van der Waals surface area contributed by atoms with E-state index in [2.05, 4.69) is 67.6 Å². The molecule has 1 aliphatic heterocycles. The lowest BCUT2D eigenvalue weighted by Gasteiger charge is -2.36. The maximum atomic E-state index is 4.90. The molecule has 4 rings (SSSR count). The van der Waals surface area contributed by atoms with Gasteiger partial charge in [0.05, 0.1) is 12.2 Å². The molecule has 3 aromatic rings. The van der Waals surface area contributed by atoms with Crippen LogP contribution < -0.4 is 10.2 Å². The number of piperazine rings is 1. The molecule has 0 bridgehead atoms. The van der Waals surface area contributed by atoms with Gasteiger partial charge in [-0.3, -0.25) is 4.98 Å². The van der Waals surface area contributed by atoms with Crippen LogP contribution in [0.3, 0.4) is 0 Å². The second-order valence-electron chi connectivity index (χ2n) is 6.97. The van der Waals surface area contributed by atoms with Gasteiger partial charge >= 0.3 is 0 Å². The fraction of sp³-hybridized carbons (Fsp3) is 0.429. The first-order chi connectivity index (χ1) is 14.3. The van der Waals surface area contributed by atoms with E-state index in [0.717, 1.165) is 61.8 Å². The average Bonchev–Trinajstić information content (AvgIpc) is 3.26. The number of fused-ring (bicyclic) bond motifs is 1. The molecule has 0 spiro atoms. The van der Waals surface area contributed by atoms with Crippen LogP contribution >= 0.6 is 11.5 Å². The van der Waals surface area contributed by atoms with Crippen molar-refractivity contribution in [2.45, 2.75) is 26.8 Å². The summed E-state index contributed by atoms with van der Waals surface area (Å²) in [6.45, 7) is 9.29.